The highest BCUT2D eigenvalue weighted by Crippen LogP contribution is 2.36. The number of phenols is 1. The standard InChI is InChI=1S/C6H5ClN2O3/c7-5-3(8)1-2-4(6(5)10)9(11)12/h1-2,10H,8H2. The first-order chi connectivity index (χ1) is 5.54. The lowest BCUT2D eigenvalue weighted by Crippen LogP contribution is -1.92. The van der Waals surface area contributed by atoms with Gasteiger partial charge in [-0.25, -0.2) is 0 Å². The summed E-state index contributed by atoms with van der Waals surface area (Å²) in [5.74, 6) is -0.596. The van der Waals surface area contributed by atoms with Crippen LogP contribution < -0.4 is 5.73 Å². The van der Waals surface area contributed by atoms with Gasteiger partial charge in [0, 0.05) is 6.07 Å². The number of benzene rings is 1. The van der Waals surface area contributed by atoms with Gasteiger partial charge in [0.2, 0.25) is 5.75 Å². The lowest BCUT2D eigenvalue weighted by Gasteiger charge is -2.00. The summed E-state index contributed by atoms with van der Waals surface area (Å²) < 4.78 is 0. The van der Waals surface area contributed by atoms with Gasteiger partial charge in [0.25, 0.3) is 0 Å². The Hall–Kier alpha value is -1.49. The number of anilines is 1. The molecule has 0 unspecified atom stereocenters. The Morgan fingerprint density at radius 2 is 2.17 bits per heavy atom. The van der Waals surface area contributed by atoms with Crippen LogP contribution in [0.3, 0.4) is 0 Å². The average Bonchev–Trinajstić information content (AvgIpc) is 2.00. The fraction of sp³-hybridized carbons (Fsp3) is 0. The van der Waals surface area contributed by atoms with Gasteiger partial charge in [-0.2, -0.15) is 0 Å². The lowest BCUT2D eigenvalue weighted by molar-refractivity contribution is -0.385. The number of nitrogen functional groups attached to an aromatic ring is 1. The number of nitrogens with two attached hydrogens (primary N) is 1. The van der Waals surface area contributed by atoms with Crippen LogP contribution in [-0.2, 0) is 0 Å². The molecule has 0 aliphatic rings. The number of aromatic hydroxyl groups is 1. The minimum Gasteiger partial charge on any atom is -0.501 e. The molecule has 5 nitrogen and oxygen atoms in total. The van der Waals surface area contributed by atoms with E-state index in [1.165, 1.54) is 6.07 Å². The first-order valence-corrected chi connectivity index (χ1v) is 3.33. The van der Waals surface area contributed by atoms with E-state index < -0.39 is 16.4 Å². The summed E-state index contributed by atoms with van der Waals surface area (Å²) in [5.41, 5.74) is 4.94. The lowest BCUT2D eigenvalue weighted by atomic mass is 10.2. The topological polar surface area (TPSA) is 89.4 Å². The van der Waals surface area contributed by atoms with E-state index in [-0.39, 0.29) is 10.7 Å². The molecule has 0 saturated heterocycles. The first kappa shape index (κ1) is 8.61. The smallest absolute Gasteiger partial charge is 0.312 e. The summed E-state index contributed by atoms with van der Waals surface area (Å²) in [4.78, 5) is 9.50. The molecule has 6 heteroatoms. The number of rotatable bonds is 1. The van der Waals surface area contributed by atoms with Crippen molar-refractivity contribution in [3.05, 3.63) is 27.3 Å². The molecule has 0 bridgehead atoms. The predicted molar refractivity (Wildman–Crippen MR) is 44.2 cm³/mol. The number of nitrogens with zero attached hydrogens (tertiary/aromatic N) is 1. The summed E-state index contributed by atoms with van der Waals surface area (Å²) in [6.45, 7) is 0. The van der Waals surface area contributed by atoms with E-state index in [1.54, 1.807) is 0 Å². The van der Waals surface area contributed by atoms with E-state index >= 15 is 0 Å². The highest BCUT2D eigenvalue weighted by molar-refractivity contribution is 6.34. The van der Waals surface area contributed by atoms with Crippen molar-refractivity contribution in [1.82, 2.24) is 0 Å². The van der Waals surface area contributed by atoms with Gasteiger partial charge in [0.05, 0.1) is 10.6 Å². The van der Waals surface area contributed by atoms with Crippen molar-refractivity contribution in [3.63, 3.8) is 0 Å². The maximum Gasteiger partial charge on any atom is 0.312 e. The minimum absolute atomic E-state index is 0.111. The van der Waals surface area contributed by atoms with Gasteiger partial charge in [-0.15, -0.1) is 0 Å². The number of hydrogen-bond acceptors (Lipinski definition) is 4. The Morgan fingerprint density at radius 3 is 2.67 bits per heavy atom. The highest BCUT2D eigenvalue weighted by Gasteiger charge is 2.17. The quantitative estimate of drug-likeness (QED) is 0.397. The normalized spacial score (nSPS) is 9.75. The Morgan fingerprint density at radius 1 is 1.58 bits per heavy atom. The molecule has 1 aromatic carbocycles. The molecule has 0 amide bonds. The molecular weight excluding hydrogens is 184 g/mol. The molecular formula is C6H5ClN2O3. The minimum atomic E-state index is -0.735. The van der Waals surface area contributed by atoms with Gasteiger partial charge in [-0.05, 0) is 6.07 Å². The monoisotopic (exact) mass is 188 g/mol. The SMILES string of the molecule is Nc1ccc([N+](=O)[O-])c(O)c1Cl. The third-order valence-electron chi connectivity index (χ3n) is 1.32. The largest absolute Gasteiger partial charge is 0.501 e. The van der Waals surface area contributed by atoms with E-state index in [4.69, 9.17) is 22.4 Å². The zero-order valence-corrected chi connectivity index (χ0v) is 6.58. The van der Waals surface area contributed by atoms with Crippen molar-refractivity contribution >= 4 is 23.0 Å². The van der Waals surface area contributed by atoms with Crippen molar-refractivity contribution in [2.45, 2.75) is 0 Å². The molecule has 12 heavy (non-hydrogen) atoms. The highest BCUT2D eigenvalue weighted by atomic mass is 35.5. The Labute approximate surface area is 72.5 Å². The predicted octanol–water partition coefficient (Wildman–Crippen LogP) is 1.54. The van der Waals surface area contributed by atoms with Crippen LogP contribution >= 0.6 is 11.6 Å². The number of hydrogen-bond donors (Lipinski definition) is 2. The molecule has 0 heterocycles. The zero-order valence-electron chi connectivity index (χ0n) is 5.82. The second kappa shape index (κ2) is 2.86. The van der Waals surface area contributed by atoms with Crippen molar-refractivity contribution in [3.8, 4) is 5.75 Å². The summed E-state index contributed by atoms with van der Waals surface area (Å²) in [6, 6.07) is 2.36. The molecule has 0 radical (unpaired) electrons. The van der Waals surface area contributed by atoms with Crippen molar-refractivity contribution in [2.24, 2.45) is 0 Å². The van der Waals surface area contributed by atoms with Crippen LogP contribution in [0.1, 0.15) is 0 Å². The zero-order chi connectivity index (χ0) is 9.30. The van der Waals surface area contributed by atoms with Crippen LogP contribution in [-0.4, -0.2) is 10.0 Å². The van der Waals surface area contributed by atoms with Gasteiger partial charge in [-0.1, -0.05) is 11.6 Å². The van der Waals surface area contributed by atoms with Crippen LogP contribution in [0.2, 0.25) is 5.02 Å². The fourth-order valence-corrected chi connectivity index (χ4v) is 0.877. The molecule has 1 rings (SSSR count). The van der Waals surface area contributed by atoms with E-state index in [2.05, 4.69) is 0 Å². The average molecular weight is 189 g/mol. The summed E-state index contributed by atoms with van der Waals surface area (Å²) >= 11 is 5.45. The molecule has 0 fully saturated rings. The van der Waals surface area contributed by atoms with Crippen LogP contribution in [0, 0.1) is 10.1 Å². The molecule has 0 atom stereocenters. The first-order valence-electron chi connectivity index (χ1n) is 2.95. The van der Waals surface area contributed by atoms with Crippen molar-refractivity contribution < 1.29 is 10.0 Å². The molecule has 1 aromatic rings. The molecule has 0 aliphatic carbocycles. The van der Waals surface area contributed by atoms with Crippen LogP contribution in [0.15, 0.2) is 12.1 Å². The molecule has 3 N–H and O–H groups in total. The molecule has 0 aliphatic heterocycles. The van der Waals surface area contributed by atoms with Gasteiger partial charge >= 0.3 is 5.69 Å². The second-order valence-corrected chi connectivity index (χ2v) is 2.47. The van der Waals surface area contributed by atoms with Gasteiger partial charge in [0.1, 0.15) is 5.02 Å². The van der Waals surface area contributed by atoms with E-state index in [0.717, 1.165) is 6.07 Å². The van der Waals surface area contributed by atoms with Crippen LogP contribution in [0.4, 0.5) is 11.4 Å². The van der Waals surface area contributed by atoms with Crippen LogP contribution in [0.5, 0.6) is 5.75 Å². The number of nitro groups is 1. The Bertz CT molecular complexity index is 340. The van der Waals surface area contributed by atoms with Crippen molar-refractivity contribution in [2.75, 3.05) is 5.73 Å². The molecule has 0 saturated carbocycles. The Balaban J connectivity index is 3.36. The number of phenolic OH excluding ortho intramolecular Hbond substituents is 1. The summed E-state index contributed by atoms with van der Waals surface area (Å²) in [7, 11) is 0. The Kier molecular flexibility index (Phi) is 2.05. The third kappa shape index (κ3) is 1.26. The van der Waals surface area contributed by atoms with Gasteiger partial charge in [-0.3, -0.25) is 10.1 Å². The van der Waals surface area contributed by atoms with Gasteiger partial charge in [0.15, 0.2) is 0 Å². The summed E-state index contributed by atoms with van der Waals surface area (Å²) in [6.07, 6.45) is 0. The molecule has 0 spiro atoms. The van der Waals surface area contributed by atoms with Gasteiger partial charge < -0.3 is 10.8 Å². The van der Waals surface area contributed by atoms with E-state index in [0.29, 0.717) is 0 Å². The number of nitro benzene ring substituents is 1. The summed E-state index contributed by atoms with van der Waals surface area (Å²) in [5, 5.41) is 19.1. The third-order valence-corrected chi connectivity index (χ3v) is 1.72. The maximum atomic E-state index is 10.2. The fourth-order valence-electron chi connectivity index (χ4n) is 0.717. The molecule has 0 aromatic heterocycles. The maximum absolute atomic E-state index is 10.2. The molecule has 64 valence electrons. The van der Waals surface area contributed by atoms with E-state index in [1.807, 2.05) is 0 Å². The number of halogens is 1. The van der Waals surface area contributed by atoms with E-state index in [9.17, 15) is 10.1 Å². The second-order valence-electron chi connectivity index (χ2n) is 2.09. The van der Waals surface area contributed by atoms with Crippen LogP contribution in [0.25, 0.3) is 0 Å². The van der Waals surface area contributed by atoms with Crippen molar-refractivity contribution in [1.29, 1.82) is 0 Å².